The Kier molecular flexibility index (Phi) is 9.59. The molecule has 9 nitrogen and oxygen atoms in total. The van der Waals surface area contributed by atoms with Crippen molar-refractivity contribution in [3.05, 3.63) is 18.5 Å². The fraction of sp³-hybridized carbons (Fsp3) is 0.737. The highest BCUT2D eigenvalue weighted by Gasteiger charge is 2.18. The van der Waals surface area contributed by atoms with Gasteiger partial charge in [-0.2, -0.15) is 0 Å². The first-order chi connectivity index (χ1) is 13.9. The zero-order valence-electron chi connectivity index (χ0n) is 17.8. The normalized spacial score (nSPS) is 17.2. The molecule has 1 unspecified atom stereocenters. The summed E-state index contributed by atoms with van der Waals surface area (Å²) in [4.78, 5) is 17.9. The number of rotatable bonds is 10. The Labute approximate surface area is 174 Å². The lowest BCUT2D eigenvalue weighted by Crippen LogP contribution is -2.47. The fourth-order valence-corrected chi connectivity index (χ4v) is 3.91. The number of hydrogen-bond donors (Lipinski definition) is 2. The predicted octanol–water partition coefficient (Wildman–Crippen LogP) is 0.367. The molecule has 1 aromatic rings. The second kappa shape index (κ2) is 11.9. The fourth-order valence-electron chi connectivity index (χ4n) is 3.13. The number of nitrogens with zero attached hydrogens (tertiary/aromatic N) is 5. The van der Waals surface area contributed by atoms with E-state index in [0.29, 0.717) is 6.42 Å². The lowest BCUT2D eigenvalue weighted by Gasteiger charge is -2.34. The summed E-state index contributed by atoms with van der Waals surface area (Å²) in [6.45, 7) is 10.4. The highest BCUT2D eigenvalue weighted by Crippen LogP contribution is 2.09. The van der Waals surface area contributed by atoms with Gasteiger partial charge in [-0.3, -0.25) is 9.89 Å². The average Bonchev–Trinajstić information content (AvgIpc) is 2.70. The molecular formula is C19H35N7O2S. The van der Waals surface area contributed by atoms with E-state index in [1.807, 2.05) is 19.9 Å². The van der Waals surface area contributed by atoms with E-state index in [9.17, 15) is 8.42 Å². The molecule has 0 radical (unpaired) electrons. The number of aliphatic imine (C=N–C) groups is 1. The summed E-state index contributed by atoms with van der Waals surface area (Å²) in [5.74, 6) is 1.74. The van der Waals surface area contributed by atoms with E-state index in [2.05, 4.69) is 35.4 Å². The molecule has 1 aliphatic heterocycles. The third-order valence-electron chi connectivity index (χ3n) is 4.76. The van der Waals surface area contributed by atoms with Crippen molar-refractivity contribution < 1.29 is 8.42 Å². The summed E-state index contributed by atoms with van der Waals surface area (Å²) in [5.41, 5.74) is 0. The lowest BCUT2D eigenvalue weighted by molar-refractivity contribution is 0.255. The molecule has 10 heteroatoms. The molecular weight excluding hydrogens is 390 g/mol. The van der Waals surface area contributed by atoms with Crippen LogP contribution in [0, 0.1) is 0 Å². The van der Waals surface area contributed by atoms with Gasteiger partial charge in [-0.25, -0.2) is 18.4 Å². The summed E-state index contributed by atoms with van der Waals surface area (Å²) in [5, 5.41) is 6.52. The summed E-state index contributed by atoms with van der Waals surface area (Å²) >= 11 is 0. The quantitative estimate of drug-likeness (QED) is 0.315. The minimum Gasteiger partial charge on any atom is -0.357 e. The molecule has 2 rings (SSSR count). The predicted molar refractivity (Wildman–Crippen MR) is 118 cm³/mol. The van der Waals surface area contributed by atoms with Gasteiger partial charge in [0.1, 0.15) is 9.84 Å². The van der Waals surface area contributed by atoms with Crippen molar-refractivity contribution in [3.63, 3.8) is 0 Å². The van der Waals surface area contributed by atoms with Crippen LogP contribution in [-0.4, -0.2) is 93.1 Å². The average molecular weight is 426 g/mol. The van der Waals surface area contributed by atoms with Crippen molar-refractivity contribution >= 4 is 21.7 Å². The standard InChI is InChI=1S/C19H35N7O2S/c1-4-20-18(24-17(2)7-16-29(3,27)28)21-10-6-11-25-12-14-26(15-13-25)19-22-8-5-9-23-19/h5,8-9,17H,4,6-7,10-16H2,1-3H3,(H2,20,21,24). The van der Waals surface area contributed by atoms with E-state index in [0.717, 1.165) is 64.1 Å². The van der Waals surface area contributed by atoms with Crippen molar-refractivity contribution in [2.45, 2.75) is 32.7 Å². The molecule has 0 spiro atoms. The third-order valence-corrected chi connectivity index (χ3v) is 5.74. The monoisotopic (exact) mass is 425 g/mol. The van der Waals surface area contributed by atoms with E-state index in [-0.39, 0.29) is 11.8 Å². The molecule has 1 saturated heterocycles. The van der Waals surface area contributed by atoms with E-state index >= 15 is 0 Å². The van der Waals surface area contributed by atoms with Gasteiger partial charge in [0.05, 0.1) is 5.75 Å². The van der Waals surface area contributed by atoms with Crippen LogP contribution in [0.15, 0.2) is 23.5 Å². The molecule has 1 aromatic heterocycles. The highest BCUT2D eigenvalue weighted by atomic mass is 32.2. The van der Waals surface area contributed by atoms with E-state index in [1.165, 1.54) is 6.26 Å². The van der Waals surface area contributed by atoms with Gasteiger partial charge in [0.2, 0.25) is 5.95 Å². The number of hydrogen-bond acceptors (Lipinski definition) is 7. The maximum Gasteiger partial charge on any atom is 0.225 e. The number of anilines is 1. The van der Waals surface area contributed by atoms with Gasteiger partial charge in [0, 0.05) is 70.5 Å². The Hall–Kier alpha value is -1.94. The van der Waals surface area contributed by atoms with Crippen molar-refractivity contribution in [2.24, 2.45) is 4.99 Å². The number of piperazine rings is 1. The second-order valence-electron chi connectivity index (χ2n) is 7.46. The summed E-state index contributed by atoms with van der Waals surface area (Å²) < 4.78 is 22.6. The third kappa shape index (κ3) is 9.40. The van der Waals surface area contributed by atoms with E-state index in [4.69, 9.17) is 0 Å². The molecule has 29 heavy (non-hydrogen) atoms. The lowest BCUT2D eigenvalue weighted by atomic mass is 10.2. The zero-order chi connectivity index (χ0) is 21.1. The Balaban J connectivity index is 1.69. The van der Waals surface area contributed by atoms with Crippen LogP contribution >= 0.6 is 0 Å². The molecule has 2 heterocycles. The maximum atomic E-state index is 11.3. The second-order valence-corrected chi connectivity index (χ2v) is 9.72. The number of aromatic nitrogens is 2. The van der Waals surface area contributed by atoms with Gasteiger partial charge in [0.25, 0.3) is 0 Å². The minimum absolute atomic E-state index is 0.0517. The first-order valence-electron chi connectivity index (χ1n) is 10.3. The number of nitrogens with one attached hydrogen (secondary N) is 2. The maximum absolute atomic E-state index is 11.3. The zero-order valence-corrected chi connectivity index (χ0v) is 18.7. The van der Waals surface area contributed by atoms with Crippen LogP contribution in [0.1, 0.15) is 26.7 Å². The van der Waals surface area contributed by atoms with E-state index in [1.54, 1.807) is 12.4 Å². The topological polar surface area (TPSA) is 103 Å². The summed E-state index contributed by atoms with van der Waals surface area (Å²) in [6.07, 6.45) is 6.38. The number of guanidine groups is 1. The van der Waals surface area contributed by atoms with Gasteiger partial charge in [-0.1, -0.05) is 0 Å². The smallest absolute Gasteiger partial charge is 0.225 e. The van der Waals surface area contributed by atoms with Crippen molar-refractivity contribution in [2.75, 3.05) is 62.7 Å². The van der Waals surface area contributed by atoms with Crippen LogP contribution in [0.25, 0.3) is 0 Å². The van der Waals surface area contributed by atoms with E-state index < -0.39 is 9.84 Å². The first-order valence-corrected chi connectivity index (χ1v) is 12.4. The molecule has 1 atom stereocenters. The Morgan fingerprint density at radius 3 is 2.55 bits per heavy atom. The Bertz CT molecular complexity index is 719. The van der Waals surface area contributed by atoms with Gasteiger partial charge >= 0.3 is 0 Å². The number of sulfone groups is 1. The van der Waals surface area contributed by atoms with Crippen molar-refractivity contribution in [1.29, 1.82) is 0 Å². The Morgan fingerprint density at radius 2 is 1.93 bits per heavy atom. The first kappa shape index (κ1) is 23.3. The highest BCUT2D eigenvalue weighted by molar-refractivity contribution is 7.90. The Morgan fingerprint density at radius 1 is 1.24 bits per heavy atom. The van der Waals surface area contributed by atoms with Crippen LogP contribution < -0.4 is 15.5 Å². The van der Waals surface area contributed by atoms with Crippen molar-refractivity contribution in [3.8, 4) is 0 Å². The summed E-state index contributed by atoms with van der Waals surface area (Å²) in [6, 6.07) is 1.89. The van der Waals surface area contributed by atoms with Gasteiger partial charge in [0.15, 0.2) is 5.96 Å². The minimum atomic E-state index is -2.94. The van der Waals surface area contributed by atoms with Crippen LogP contribution in [0.3, 0.4) is 0 Å². The van der Waals surface area contributed by atoms with Crippen LogP contribution in [0.2, 0.25) is 0 Å². The van der Waals surface area contributed by atoms with Crippen molar-refractivity contribution in [1.82, 2.24) is 25.5 Å². The van der Waals surface area contributed by atoms with Crippen LogP contribution in [-0.2, 0) is 9.84 Å². The molecule has 1 fully saturated rings. The van der Waals surface area contributed by atoms with Gasteiger partial charge in [-0.05, 0) is 32.8 Å². The molecule has 0 bridgehead atoms. The SMILES string of the molecule is CCNC(=NCCCN1CCN(c2ncccn2)CC1)NC(C)CCS(C)(=O)=O. The molecule has 164 valence electrons. The van der Waals surface area contributed by atoms with Crippen LogP contribution in [0.5, 0.6) is 0 Å². The molecule has 0 saturated carbocycles. The molecule has 0 aliphatic carbocycles. The molecule has 1 aliphatic rings. The largest absolute Gasteiger partial charge is 0.357 e. The van der Waals surface area contributed by atoms with Crippen LogP contribution in [0.4, 0.5) is 5.95 Å². The molecule has 0 aromatic carbocycles. The molecule has 2 N–H and O–H groups in total. The summed E-state index contributed by atoms with van der Waals surface area (Å²) in [7, 11) is -2.94. The molecule has 0 amide bonds. The van der Waals surface area contributed by atoms with Gasteiger partial charge in [-0.15, -0.1) is 0 Å². The van der Waals surface area contributed by atoms with Gasteiger partial charge < -0.3 is 15.5 Å².